The molecule has 0 bridgehead atoms. The van der Waals surface area contributed by atoms with Crippen LogP contribution in [0.25, 0.3) is 0 Å². The third-order valence-electron chi connectivity index (χ3n) is 3.03. The second-order valence-electron chi connectivity index (χ2n) is 5.68. The molecule has 24 heavy (non-hydrogen) atoms. The van der Waals surface area contributed by atoms with Crippen LogP contribution in [-0.2, 0) is 14.3 Å². The van der Waals surface area contributed by atoms with Crippen molar-refractivity contribution in [1.29, 1.82) is 0 Å². The highest BCUT2D eigenvalue weighted by molar-refractivity contribution is 6.30. The van der Waals surface area contributed by atoms with Gasteiger partial charge < -0.3 is 21.1 Å². The molecule has 0 aliphatic heterocycles. The van der Waals surface area contributed by atoms with Crippen molar-refractivity contribution in [1.82, 2.24) is 10.6 Å². The maximum absolute atomic E-state index is 11.9. The minimum Gasteiger partial charge on any atom is -0.456 e. The SMILES string of the molecule is CC(C)CNC(=O)COC(=O)C[C@@H](NC(N)=O)c1ccc(Cl)cc1. The Morgan fingerprint density at radius 3 is 2.38 bits per heavy atom. The summed E-state index contributed by atoms with van der Waals surface area (Å²) in [5, 5.41) is 5.64. The quantitative estimate of drug-likeness (QED) is 0.617. The Hall–Kier alpha value is -2.28. The van der Waals surface area contributed by atoms with Gasteiger partial charge in [0.15, 0.2) is 6.61 Å². The molecule has 1 aromatic rings. The zero-order valence-electron chi connectivity index (χ0n) is 13.7. The first-order valence-electron chi connectivity index (χ1n) is 7.51. The first kappa shape index (κ1) is 19.8. The third kappa shape index (κ3) is 7.82. The normalized spacial score (nSPS) is 11.7. The second kappa shape index (κ2) is 9.77. The third-order valence-corrected chi connectivity index (χ3v) is 3.28. The summed E-state index contributed by atoms with van der Waals surface area (Å²) in [5.41, 5.74) is 5.79. The zero-order valence-corrected chi connectivity index (χ0v) is 14.4. The van der Waals surface area contributed by atoms with Crippen LogP contribution in [0.15, 0.2) is 24.3 Å². The summed E-state index contributed by atoms with van der Waals surface area (Å²) in [5.74, 6) is -0.690. The molecule has 1 atom stereocenters. The predicted octanol–water partition coefficient (Wildman–Crippen LogP) is 1.75. The molecule has 1 rings (SSSR count). The van der Waals surface area contributed by atoms with E-state index in [2.05, 4.69) is 10.6 Å². The molecule has 0 saturated carbocycles. The van der Waals surface area contributed by atoms with Crippen molar-refractivity contribution in [3.8, 4) is 0 Å². The molecule has 0 saturated heterocycles. The zero-order chi connectivity index (χ0) is 18.1. The van der Waals surface area contributed by atoms with Gasteiger partial charge in [-0.3, -0.25) is 9.59 Å². The lowest BCUT2D eigenvalue weighted by Crippen LogP contribution is -2.35. The van der Waals surface area contributed by atoms with Crippen molar-refractivity contribution in [2.45, 2.75) is 26.3 Å². The first-order valence-corrected chi connectivity index (χ1v) is 7.89. The van der Waals surface area contributed by atoms with E-state index in [0.717, 1.165) is 0 Å². The monoisotopic (exact) mass is 355 g/mol. The fourth-order valence-corrected chi connectivity index (χ4v) is 1.99. The maximum Gasteiger partial charge on any atom is 0.312 e. The number of carbonyl (C=O) groups excluding carboxylic acids is 3. The average Bonchev–Trinajstić information content (AvgIpc) is 2.50. The van der Waals surface area contributed by atoms with Crippen molar-refractivity contribution in [3.05, 3.63) is 34.9 Å². The number of ether oxygens (including phenoxy) is 1. The van der Waals surface area contributed by atoms with Gasteiger partial charge >= 0.3 is 12.0 Å². The lowest BCUT2D eigenvalue weighted by atomic mass is 10.0. The molecule has 3 amide bonds. The highest BCUT2D eigenvalue weighted by atomic mass is 35.5. The van der Waals surface area contributed by atoms with Crippen LogP contribution in [0.5, 0.6) is 0 Å². The number of hydrogen-bond acceptors (Lipinski definition) is 4. The van der Waals surface area contributed by atoms with Gasteiger partial charge in [0.25, 0.3) is 5.91 Å². The average molecular weight is 356 g/mol. The van der Waals surface area contributed by atoms with Crippen LogP contribution >= 0.6 is 11.6 Å². The molecular formula is C16H22ClN3O4. The molecule has 1 aromatic carbocycles. The molecule has 0 aliphatic carbocycles. The van der Waals surface area contributed by atoms with Crippen molar-refractivity contribution in [3.63, 3.8) is 0 Å². The van der Waals surface area contributed by atoms with Crippen LogP contribution in [-0.4, -0.2) is 31.1 Å². The fraction of sp³-hybridized carbons (Fsp3) is 0.438. The van der Waals surface area contributed by atoms with Crippen molar-refractivity contribution in [2.75, 3.05) is 13.2 Å². The first-order chi connectivity index (χ1) is 11.3. The minimum absolute atomic E-state index is 0.151. The van der Waals surface area contributed by atoms with E-state index in [9.17, 15) is 14.4 Å². The summed E-state index contributed by atoms with van der Waals surface area (Å²) in [6, 6.07) is 5.19. The van der Waals surface area contributed by atoms with Crippen molar-refractivity contribution >= 4 is 29.5 Å². The topological polar surface area (TPSA) is 111 Å². The van der Waals surface area contributed by atoms with E-state index >= 15 is 0 Å². The van der Waals surface area contributed by atoms with Crippen molar-refractivity contribution in [2.24, 2.45) is 11.7 Å². The molecule has 132 valence electrons. The number of rotatable bonds is 8. The van der Waals surface area contributed by atoms with E-state index in [1.165, 1.54) is 0 Å². The van der Waals surface area contributed by atoms with Gasteiger partial charge in [0.05, 0.1) is 12.5 Å². The number of esters is 1. The molecule has 4 N–H and O–H groups in total. The second-order valence-corrected chi connectivity index (χ2v) is 6.11. The molecule has 8 heteroatoms. The van der Waals surface area contributed by atoms with Gasteiger partial charge in [-0.1, -0.05) is 37.6 Å². The Kier molecular flexibility index (Phi) is 8.05. The van der Waals surface area contributed by atoms with Gasteiger partial charge in [0.2, 0.25) is 0 Å². The van der Waals surface area contributed by atoms with Crippen LogP contribution < -0.4 is 16.4 Å². The largest absolute Gasteiger partial charge is 0.456 e. The Balaban J connectivity index is 2.56. The molecule has 0 fully saturated rings. The number of primary amides is 1. The summed E-state index contributed by atoms with van der Waals surface area (Å²) in [7, 11) is 0. The highest BCUT2D eigenvalue weighted by Crippen LogP contribution is 2.19. The summed E-state index contributed by atoms with van der Waals surface area (Å²) < 4.78 is 4.92. The fourth-order valence-electron chi connectivity index (χ4n) is 1.86. The van der Waals surface area contributed by atoms with Gasteiger partial charge in [0.1, 0.15) is 0 Å². The number of carbonyl (C=O) groups is 3. The Labute approximate surface area is 145 Å². The van der Waals surface area contributed by atoms with Crippen molar-refractivity contribution < 1.29 is 19.1 Å². The summed E-state index contributed by atoms with van der Waals surface area (Å²) in [4.78, 5) is 34.5. The van der Waals surface area contributed by atoms with Crippen LogP contribution in [0.4, 0.5) is 4.79 Å². The molecular weight excluding hydrogens is 334 g/mol. The van der Waals surface area contributed by atoms with E-state index in [1.807, 2.05) is 13.8 Å². The molecule has 0 spiro atoms. The van der Waals surface area contributed by atoms with Gasteiger partial charge in [0, 0.05) is 11.6 Å². The number of nitrogens with two attached hydrogens (primary N) is 1. The molecule has 0 heterocycles. The highest BCUT2D eigenvalue weighted by Gasteiger charge is 2.19. The Bertz CT molecular complexity index is 575. The summed E-state index contributed by atoms with van der Waals surface area (Å²) in [6.07, 6.45) is -0.151. The smallest absolute Gasteiger partial charge is 0.312 e. The lowest BCUT2D eigenvalue weighted by molar-refractivity contribution is -0.149. The number of amides is 3. The summed E-state index contributed by atoms with van der Waals surface area (Å²) >= 11 is 5.82. The summed E-state index contributed by atoms with van der Waals surface area (Å²) in [6.45, 7) is 4.06. The van der Waals surface area contributed by atoms with Crippen LogP contribution in [0.3, 0.4) is 0 Å². The Morgan fingerprint density at radius 2 is 1.83 bits per heavy atom. The number of nitrogens with one attached hydrogen (secondary N) is 2. The number of benzene rings is 1. The maximum atomic E-state index is 11.9. The van der Waals surface area contributed by atoms with Gasteiger partial charge in [-0.15, -0.1) is 0 Å². The Morgan fingerprint density at radius 1 is 1.21 bits per heavy atom. The van der Waals surface area contributed by atoms with E-state index in [4.69, 9.17) is 22.1 Å². The number of halogens is 1. The number of hydrogen-bond donors (Lipinski definition) is 3. The molecule has 7 nitrogen and oxygen atoms in total. The van der Waals surface area contributed by atoms with Gasteiger partial charge in [-0.05, 0) is 23.6 Å². The van der Waals surface area contributed by atoms with Gasteiger partial charge in [-0.2, -0.15) is 0 Å². The molecule has 0 unspecified atom stereocenters. The number of urea groups is 1. The minimum atomic E-state index is -0.766. The predicted molar refractivity (Wildman–Crippen MR) is 90.3 cm³/mol. The van der Waals surface area contributed by atoms with E-state index in [1.54, 1.807) is 24.3 Å². The van der Waals surface area contributed by atoms with Crippen LogP contribution in [0.1, 0.15) is 31.9 Å². The standard InChI is InChI=1S/C16H22ClN3O4/c1-10(2)8-19-14(21)9-24-15(22)7-13(20-16(18)23)11-3-5-12(17)6-4-11/h3-6,10,13H,7-9H2,1-2H3,(H,19,21)(H3,18,20,23)/t13-/m1/s1. The molecule has 0 aliphatic rings. The molecule has 0 aromatic heterocycles. The van der Waals surface area contributed by atoms with E-state index in [-0.39, 0.29) is 18.9 Å². The van der Waals surface area contributed by atoms with Crippen LogP contribution in [0.2, 0.25) is 5.02 Å². The lowest BCUT2D eigenvalue weighted by Gasteiger charge is -2.17. The molecule has 0 radical (unpaired) electrons. The van der Waals surface area contributed by atoms with Gasteiger partial charge in [-0.25, -0.2) is 4.79 Å². The van der Waals surface area contributed by atoms with E-state index < -0.39 is 18.0 Å². The van der Waals surface area contributed by atoms with Crippen LogP contribution in [0, 0.1) is 5.92 Å². The van der Waals surface area contributed by atoms with E-state index in [0.29, 0.717) is 23.0 Å².